The molecule has 3 heteroatoms. The van der Waals surface area contributed by atoms with Crippen LogP contribution < -0.4 is 24.8 Å². The first-order chi connectivity index (χ1) is 23.0. The average molecular weight is 781 g/mol. The van der Waals surface area contributed by atoms with Gasteiger partial charge < -0.3 is 24.8 Å². The first kappa shape index (κ1) is 40.6. The number of fused-ring (bicyclic) bond motifs is 8. The molecule has 1 saturated carbocycles. The summed E-state index contributed by atoms with van der Waals surface area (Å²) >= 11 is 1.69. The molecule has 4 aromatic carbocycles. The summed E-state index contributed by atoms with van der Waals surface area (Å²) in [6.45, 7) is 21.2. The second-order valence-corrected chi connectivity index (χ2v) is 16.9. The van der Waals surface area contributed by atoms with Gasteiger partial charge in [0.05, 0.1) is 0 Å². The van der Waals surface area contributed by atoms with Crippen LogP contribution in [0.4, 0.5) is 0 Å². The van der Waals surface area contributed by atoms with Gasteiger partial charge in [0.2, 0.25) is 0 Å². The predicted octanol–water partition coefficient (Wildman–Crippen LogP) is 6.99. The second kappa shape index (κ2) is 17.1. The fraction of sp³-hybridized carbons (Fsp3) is 0.404. The van der Waals surface area contributed by atoms with Gasteiger partial charge in [0, 0.05) is 0 Å². The van der Waals surface area contributed by atoms with Crippen molar-refractivity contribution in [1.29, 1.82) is 0 Å². The fourth-order valence-electron chi connectivity index (χ4n) is 8.81. The Morgan fingerprint density at radius 1 is 0.740 bits per heavy atom. The van der Waals surface area contributed by atoms with Crippen molar-refractivity contribution >= 4 is 19.6 Å². The summed E-state index contributed by atoms with van der Waals surface area (Å²) in [5, 5.41) is 2.93. The van der Waals surface area contributed by atoms with Crippen molar-refractivity contribution in [3.8, 4) is 11.1 Å². The van der Waals surface area contributed by atoms with Gasteiger partial charge >= 0.3 is 59.5 Å². The van der Waals surface area contributed by atoms with E-state index in [-0.39, 0.29) is 24.8 Å². The normalized spacial score (nSPS) is 22.9. The fourth-order valence-corrected chi connectivity index (χ4v) is 9.68. The molecule has 0 nitrogen and oxygen atoms in total. The van der Waals surface area contributed by atoms with Gasteiger partial charge in [-0.2, -0.15) is 23.1 Å². The summed E-state index contributed by atoms with van der Waals surface area (Å²) in [5.41, 5.74) is 16.3. The van der Waals surface area contributed by atoms with Crippen molar-refractivity contribution in [2.24, 2.45) is 17.8 Å². The van der Waals surface area contributed by atoms with Gasteiger partial charge in [-0.1, -0.05) is 137 Å². The Hall–Kier alpha value is -2.18. The molecule has 0 saturated heterocycles. The van der Waals surface area contributed by atoms with Crippen molar-refractivity contribution in [3.63, 3.8) is 0 Å². The zero-order valence-electron chi connectivity index (χ0n) is 31.6. The van der Waals surface area contributed by atoms with Crippen molar-refractivity contribution in [2.75, 3.05) is 0 Å². The molecule has 0 radical (unpaired) electrons. The topological polar surface area (TPSA) is 0 Å². The standard InChI is InChI=1S/C29H33.C12H11.C6H10.2ClH.Zr/c1-14-13-24-25(18(5)15(14)2)21(8)28-27-20(7)17(4)16(3)19(6)26(27)22-11-9-10-12-23(22)29(24)28;1-10-7-8-12(9-10)11-5-3-2-4-6-11;1-2-4-6-5-3-1;;;/h9-13,16-17,19,21H,1-8H3;2-6,8-10H,1H3;1-5H2;2*1H;/q2*-1;;;;+2/p-2. The Bertz CT molecular complexity index is 1890. The Kier molecular flexibility index (Phi) is 13.9. The first-order valence-corrected chi connectivity index (χ1v) is 19.7. The quantitative estimate of drug-likeness (QED) is 0.183. The first-order valence-electron chi connectivity index (χ1n) is 18.5. The monoisotopic (exact) mass is 778 g/mol. The van der Waals surface area contributed by atoms with Gasteiger partial charge in [-0.15, -0.1) is 16.7 Å². The van der Waals surface area contributed by atoms with Gasteiger partial charge in [0.1, 0.15) is 0 Å². The molecule has 0 heterocycles. The maximum atomic E-state index is 3.25. The van der Waals surface area contributed by atoms with E-state index >= 15 is 0 Å². The Morgan fingerprint density at radius 2 is 1.36 bits per heavy atom. The molecule has 0 amide bonds. The summed E-state index contributed by atoms with van der Waals surface area (Å²) in [6, 6.07) is 22.1. The van der Waals surface area contributed by atoms with E-state index in [1.807, 2.05) is 6.07 Å². The van der Waals surface area contributed by atoms with Crippen LogP contribution in [0.2, 0.25) is 0 Å². The predicted molar refractivity (Wildman–Crippen MR) is 205 cm³/mol. The Morgan fingerprint density at radius 3 is 1.94 bits per heavy atom. The van der Waals surface area contributed by atoms with E-state index in [0.29, 0.717) is 29.6 Å². The van der Waals surface area contributed by atoms with Gasteiger partial charge in [0.15, 0.2) is 0 Å². The van der Waals surface area contributed by atoms with Gasteiger partial charge in [-0.05, 0) is 59.9 Å². The molecule has 0 spiro atoms. The number of halogens is 2. The van der Waals surface area contributed by atoms with E-state index in [4.69, 9.17) is 0 Å². The maximum absolute atomic E-state index is 3.25. The third-order valence-corrected chi connectivity index (χ3v) is 13.5. The van der Waals surface area contributed by atoms with Gasteiger partial charge in [-0.25, -0.2) is 6.08 Å². The van der Waals surface area contributed by atoms with E-state index < -0.39 is 0 Å². The van der Waals surface area contributed by atoms with E-state index in [0.717, 1.165) is 0 Å². The van der Waals surface area contributed by atoms with Crippen LogP contribution in [-0.4, -0.2) is 3.21 Å². The third kappa shape index (κ3) is 7.63. The zero-order chi connectivity index (χ0) is 34.3. The SMILES string of the molecule is CC1[C-]=CC(c2ccccc2)=C1.Cc1cc2c(c(C)c1C)C(C)c1c3c(c4ccccc4c1-2)C(C)C(C)C(C)[C-]3C.[Cl-].[Cl-].[Zr+2]=[C]1CCCCC1. The number of hydrogen-bond acceptors (Lipinski definition) is 0. The van der Waals surface area contributed by atoms with Crippen LogP contribution in [0.3, 0.4) is 0 Å². The molecule has 1 fully saturated rings. The molecule has 50 heavy (non-hydrogen) atoms. The average Bonchev–Trinajstić information content (AvgIpc) is 3.66. The van der Waals surface area contributed by atoms with Crippen LogP contribution in [0, 0.1) is 50.5 Å². The van der Waals surface area contributed by atoms with Crippen LogP contribution in [0.1, 0.15) is 130 Å². The molecule has 5 atom stereocenters. The molecule has 0 bridgehead atoms. The molecule has 4 aliphatic carbocycles. The summed E-state index contributed by atoms with van der Waals surface area (Å²) < 4.78 is 1.80. The van der Waals surface area contributed by atoms with Crippen molar-refractivity contribution in [2.45, 2.75) is 106 Å². The summed E-state index contributed by atoms with van der Waals surface area (Å²) in [6.07, 6.45) is 14.9. The van der Waals surface area contributed by atoms with Crippen LogP contribution in [0.5, 0.6) is 0 Å². The molecule has 5 unspecified atom stereocenters. The van der Waals surface area contributed by atoms with E-state index in [1.165, 1.54) is 81.8 Å². The van der Waals surface area contributed by atoms with Crippen LogP contribution in [-0.2, 0) is 24.2 Å². The van der Waals surface area contributed by atoms with Gasteiger partial charge in [0.25, 0.3) is 0 Å². The minimum atomic E-state index is 0. The number of aryl methyl sites for hydroxylation is 1. The third-order valence-electron chi connectivity index (χ3n) is 12.2. The van der Waals surface area contributed by atoms with Crippen molar-refractivity contribution in [1.82, 2.24) is 0 Å². The molecule has 0 aliphatic heterocycles. The number of benzene rings is 4. The number of rotatable bonds is 1. The molecule has 0 aromatic heterocycles. The zero-order valence-corrected chi connectivity index (χ0v) is 35.6. The van der Waals surface area contributed by atoms with Crippen LogP contribution in [0.25, 0.3) is 27.5 Å². The molecule has 0 N–H and O–H groups in total. The Balaban J connectivity index is 0.000000220. The van der Waals surface area contributed by atoms with Gasteiger partial charge in [-0.3, -0.25) is 6.08 Å². The number of hydrogen-bond donors (Lipinski definition) is 0. The van der Waals surface area contributed by atoms with E-state index in [1.54, 1.807) is 55.6 Å². The Labute approximate surface area is 330 Å². The van der Waals surface area contributed by atoms with E-state index in [2.05, 4.69) is 135 Å². The molecule has 4 aromatic rings. The van der Waals surface area contributed by atoms with E-state index in [9.17, 15) is 0 Å². The molecule has 4 aliphatic rings. The number of allylic oxidation sites excluding steroid dienone is 4. The van der Waals surface area contributed by atoms with Crippen molar-refractivity contribution in [3.05, 3.63) is 129 Å². The molecular weight excluding hydrogens is 727 g/mol. The van der Waals surface area contributed by atoms with Crippen LogP contribution in [0.15, 0.2) is 72.8 Å². The van der Waals surface area contributed by atoms with Crippen LogP contribution >= 0.6 is 0 Å². The molecular formula is C47H54Cl2Zr-2. The summed E-state index contributed by atoms with van der Waals surface area (Å²) in [7, 11) is 0. The summed E-state index contributed by atoms with van der Waals surface area (Å²) in [5.74, 6) is 4.41. The molecule has 262 valence electrons. The molecule has 8 rings (SSSR count). The van der Waals surface area contributed by atoms with Crippen molar-refractivity contribution < 1.29 is 49.0 Å². The summed E-state index contributed by atoms with van der Waals surface area (Å²) in [4.78, 5) is 0. The minimum absolute atomic E-state index is 0. The second-order valence-electron chi connectivity index (χ2n) is 15.1.